The average Bonchev–Trinajstić information content (AvgIpc) is 2.10. The first-order valence-electron chi connectivity index (χ1n) is 5.34. The Morgan fingerprint density at radius 3 is 0.952 bits per heavy atom. The van der Waals surface area contributed by atoms with Crippen LogP contribution in [0.5, 0.6) is 0 Å². The summed E-state index contributed by atoms with van der Waals surface area (Å²) in [4.78, 5) is 50.5. The maximum absolute atomic E-state index is 10.4. The van der Waals surface area contributed by atoms with Gasteiger partial charge in [0.2, 0.25) is 17.7 Å². The van der Waals surface area contributed by atoms with Crippen LogP contribution in [0.4, 0.5) is 0 Å². The molecule has 0 unspecified atom stereocenters. The fourth-order valence-electron chi connectivity index (χ4n) is 0.829. The predicted octanol–water partition coefficient (Wildman–Crippen LogP) is -3.07. The highest BCUT2D eigenvalue weighted by Crippen LogP contribution is 1.85. The molecule has 21 heavy (non-hydrogen) atoms. The third kappa shape index (κ3) is 46.8. The lowest BCUT2D eigenvalue weighted by atomic mass is 10.4. The molecule has 0 atom stereocenters. The lowest BCUT2D eigenvalue weighted by molar-refractivity contribution is -0.135. The van der Waals surface area contributed by atoms with Crippen molar-refractivity contribution in [1.82, 2.24) is 4.90 Å². The summed E-state index contributed by atoms with van der Waals surface area (Å²) in [7, 11) is 0. The van der Waals surface area contributed by atoms with Crippen molar-refractivity contribution in [3.63, 3.8) is 0 Å². The lowest BCUT2D eigenvalue weighted by Gasteiger charge is -2.16. The van der Waals surface area contributed by atoms with Crippen LogP contribution < -0.4 is 17.2 Å². The molecular weight excluding hydrogens is 288 g/mol. The molecule has 0 radical (unpaired) electrons. The quantitative estimate of drug-likeness (QED) is 0.339. The van der Waals surface area contributed by atoms with Gasteiger partial charge in [-0.1, -0.05) is 0 Å². The summed E-state index contributed by atoms with van der Waals surface area (Å²) >= 11 is 0. The Morgan fingerprint density at radius 2 is 0.857 bits per heavy atom. The van der Waals surface area contributed by atoms with Crippen LogP contribution >= 0.6 is 0 Å². The molecule has 122 valence electrons. The molecule has 0 aromatic rings. The molecular formula is C10H20N4O7. The summed E-state index contributed by atoms with van der Waals surface area (Å²) < 4.78 is 0. The number of amides is 3. The van der Waals surface area contributed by atoms with Gasteiger partial charge >= 0.3 is 0 Å². The summed E-state index contributed by atoms with van der Waals surface area (Å²) in [6, 6.07) is 0. The normalized spacial score (nSPS) is 8.52. The van der Waals surface area contributed by atoms with Gasteiger partial charge in [0.1, 0.15) is 0 Å². The Morgan fingerprint density at radius 1 is 0.714 bits per heavy atom. The maximum atomic E-state index is 10.4. The second-order valence-corrected chi connectivity index (χ2v) is 3.58. The molecule has 0 saturated carbocycles. The number of nitrogens with zero attached hydrogens (tertiary/aromatic N) is 1. The van der Waals surface area contributed by atoms with Gasteiger partial charge in [-0.25, -0.2) is 0 Å². The number of carbonyl (C=O) groups is 5. The molecule has 3 amide bonds. The third-order valence-corrected chi connectivity index (χ3v) is 1.14. The van der Waals surface area contributed by atoms with Crippen LogP contribution in [0.25, 0.3) is 0 Å². The maximum Gasteiger partial charge on any atom is 0.300 e. The summed E-state index contributed by atoms with van der Waals surface area (Å²) in [5, 5.41) is 14.8. The molecule has 11 heteroatoms. The largest absolute Gasteiger partial charge is 0.481 e. The Hall–Kier alpha value is -2.69. The van der Waals surface area contributed by atoms with Gasteiger partial charge in [0.15, 0.2) is 0 Å². The van der Waals surface area contributed by atoms with Crippen LogP contribution in [-0.2, 0) is 24.0 Å². The zero-order valence-electron chi connectivity index (χ0n) is 11.7. The summed E-state index contributed by atoms with van der Waals surface area (Å²) in [6.07, 6.45) is 0. The van der Waals surface area contributed by atoms with E-state index in [1.54, 1.807) is 0 Å². The molecule has 0 rings (SSSR count). The minimum absolute atomic E-state index is 0.216. The van der Waals surface area contributed by atoms with Gasteiger partial charge in [-0.3, -0.25) is 28.9 Å². The third-order valence-electron chi connectivity index (χ3n) is 1.14. The SMILES string of the molecule is CC(=O)O.CC(=O)O.NC(=O)CN(CC(N)=O)CC(N)=O. The Kier molecular flexibility index (Phi) is 15.3. The molecule has 0 aliphatic heterocycles. The molecule has 0 heterocycles. The van der Waals surface area contributed by atoms with E-state index in [1.165, 1.54) is 4.90 Å². The van der Waals surface area contributed by atoms with Crippen molar-refractivity contribution in [3.8, 4) is 0 Å². The van der Waals surface area contributed by atoms with E-state index in [1.807, 2.05) is 0 Å². The van der Waals surface area contributed by atoms with Crippen molar-refractivity contribution >= 4 is 29.7 Å². The van der Waals surface area contributed by atoms with Crippen molar-refractivity contribution in [2.45, 2.75) is 13.8 Å². The van der Waals surface area contributed by atoms with Gasteiger partial charge in [-0.05, 0) is 0 Å². The first kappa shape index (κ1) is 23.4. The van der Waals surface area contributed by atoms with E-state index in [-0.39, 0.29) is 19.6 Å². The van der Waals surface area contributed by atoms with Crippen LogP contribution in [0.15, 0.2) is 0 Å². The molecule has 0 saturated heterocycles. The topological polar surface area (TPSA) is 207 Å². The second kappa shape index (κ2) is 13.7. The fraction of sp³-hybridized carbons (Fsp3) is 0.500. The van der Waals surface area contributed by atoms with Crippen molar-refractivity contribution in [2.24, 2.45) is 17.2 Å². The predicted molar refractivity (Wildman–Crippen MR) is 70.6 cm³/mol. The van der Waals surface area contributed by atoms with Crippen LogP contribution in [-0.4, -0.2) is 64.4 Å². The van der Waals surface area contributed by atoms with Gasteiger partial charge in [0, 0.05) is 13.8 Å². The Balaban J connectivity index is -0.000000334. The van der Waals surface area contributed by atoms with E-state index in [0.29, 0.717) is 0 Å². The number of nitrogens with two attached hydrogens (primary N) is 3. The molecule has 0 aliphatic carbocycles. The summed E-state index contributed by atoms with van der Waals surface area (Å²) in [5.41, 5.74) is 14.6. The number of hydrogen-bond acceptors (Lipinski definition) is 6. The fourth-order valence-corrected chi connectivity index (χ4v) is 0.829. The molecule has 11 nitrogen and oxygen atoms in total. The Bertz CT molecular complexity index is 326. The van der Waals surface area contributed by atoms with Gasteiger partial charge in [0.05, 0.1) is 19.6 Å². The first-order valence-corrected chi connectivity index (χ1v) is 5.34. The van der Waals surface area contributed by atoms with E-state index < -0.39 is 29.7 Å². The van der Waals surface area contributed by atoms with E-state index in [2.05, 4.69) is 0 Å². The standard InChI is InChI=1S/C6H12N4O3.2C2H4O2/c7-4(11)1-10(2-5(8)12)3-6(9)13;2*1-2(3)4/h1-3H2,(H2,7,11)(H2,8,12)(H2,9,13);2*1H3,(H,3,4). The van der Waals surface area contributed by atoms with Gasteiger partial charge in [-0.15, -0.1) is 0 Å². The zero-order valence-corrected chi connectivity index (χ0v) is 11.7. The first-order chi connectivity index (χ1) is 9.38. The van der Waals surface area contributed by atoms with Crippen molar-refractivity contribution in [1.29, 1.82) is 0 Å². The molecule has 0 bridgehead atoms. The molecule has 0 spiro atoms. The van der Waals surface area contributed by atoms with E-state index in [4.69, 9.17) is 37.0 Å². The number of hydrogen-bond donors (Lipinski definition) is 5. The Labute approximate surface area is 120 Å². The van der Waals surface area contributed by atoms with Crippen molar-refractivity contribution < 1.29 is 34.2 Å². The van der Waals surface area contributed by atoms with E-state index in [9.17, 15) is 14.4 Å². The van der Waals surface area contributed by atoms with Crippen molar-refractivity contribution in [3.05, 3.63) is 0 Å². The number of carboxylic acid groups (broad SMARTS) is 2. The van der Waals surface area contributed by atoms with E-state index in [0.717, 1.165) is 13.8 Å². The van der Waals surface area contributed by atoms with Gasteiger partial charge < -0.3 is 27.4 Å². The van der Waals surface area contributed by atoms with Crippen LogP contribution in [0, 0.1) is 0 Å². The highest BCUT2D eigenvalue weighted by atomic mass is 16.4. The molecule has 0 aromatic carbocycles. The van der Waals surface area contributed by atoms with Crippen LogP contribution in [0.3, 0.4) is 0 Å². The summed E-state index contributed by atoms with van der Waals surface area (Å²) in [5.74, 6) is -3.62. The van der Waals surface area contributed by atoms with Crippen LogP contribution in [0.1, 0.15) is 13.8 Å². The molecule has 0 aliphatic rings. The monoisotopic (exact) mass is 308 g/mol. The molecule has 0 fully saturated rings. The molecule has 0 aromatic heterocycles. The highest BCUT2D eigenvalue weighted by Gasteiger charge is 2.12. The van der Waals surface area contributed by atoms with Gasteiger partial charge in [0.25, 0.3) is 11.9 Å². The van der Waals surface area contributed by atoms with Crippen LogP contribution in [0.2, 0.25) is 0 Å². The van der Waals surface area contributed by atoms with Crippen molar-refractivity contribution in [2.75, 3.05) is 19.6 Å². The lowest BCUT2D eigenvalue weighted by Crippen LogP contribution is -2.43. The average molecular weight is 308 g/mol. The van der Waals surface area contributed by atoms with E-state index >= 15 is 0 Å². The second-order valence-electron chi connectivity index (χ2n) is 3.58. The minimum atomic E-state index is -0.833. The number of carbonyl (C=O) groups excluding carboxylic acids is 3. The zero-order chi connectivity index (χ0) is 17.6. The minimum Gasteiger partial charge on any atom is -0.481 e. The number of rotatable bonds is 6. The molecule has 8 N–H and O–H groups in total. The number of carboxylic acids is 2. The number of aliphatic carboxylic acids is 2. The number of primary amides is 3. The summed E-state index contributed by atoms with van der Waals surface area (Å²) in [6.45, 7) is 1.52. The highest BCUT2D eigenvalue weighted by molar-refractivity contribution is 5.82. The smallest absolute Gasteiger partial charge is 0.300 e. The van der Waals surface area contributed by atoms with Gasteiger partial charge in [-0.2, -0.15) is 0 Å².